The number of likely N-dealkylation sites (N-methyl/N-ethyl adjacent to an activating group) is 1. The number of hydrogen-bond donors (Lipinski definition) is 1. The molecule has 8 heteroatoms. The molecule has 1 aliphatic heterocycles. The Kier molecular flexibility index (Phi) is 4.94. The number of piperazine rings is 1. The topological polar surface area (TPSA) is 80.2 Å². The molecule has 0 amide bonds. The largest absolute Gasteiger partial charge is 0.444 e. The molecule has 4 rings (SSSR count). The van der Waals surface area contributed by atoms with Crippen LogP contribution >= 0.6 is 12.4 Å². The first kappa shape index (κ1) is 16.6. The summed E-state index contributed by atoms with van der Waals surface area (Å²) in [5, 5.41) is 7.44. The SMILES string of the molecule is CN1CCNCC1c1noc(-c2coc(-c3ccccc3)n2)n1.Cl. The van der Waals surface area contributed by atoms with Crippen LogP contribution in [-0.4, -0.2) is 46.7 Å². The normalized spacial score (nSPS) is 18.3. The van der Waals surface area contributed by atoms with Crippen molar-refractivity contribution in [2.45, 2.75) is 6.04 Å². The Morgan fingerprint density at radius 3 is 2.79 bits per heavy atom. The molecule has 1 saturated heterocycles. The third-order valence-electron chi connectivity index (χ3n) is 3.99. The highest BCUT2D eigenvalue weighted by Crippen LogP contribution is 2.25. The quantitative estimate of drug-likeness (QED) is 0.779. The fraction of sp³-hybridized carbons (Fsp3) is 0.312. The van der Waals surface area contributed by atoms with E-state index in [1.54, 1.807) is 6.26 Å². The Morgan fingerprint density at radius 1 is 1.17 bits per heavy atom. The number of nitrogens with one attached hydrogen (secondary N) is 1. The summed E-state index contributed by atoms with van der Waals surface area (Å²) in [4.78, 5) is 11.1. The summed E-state index contributed by atoms with van der Waals surface area (Å²) in [6.07, 6.45) is 1.54. The molecule has 3 aromatic rings. The van der Waals surface area contributed by atoms with Gasteiger partial charge in [-0.25, -0.2) is 4.98 Å². The van der Waals surface area contributed by atoms with Crippen molar-refractivity contribution >= 4 is 12.4 Å². The highest BCUT2D eigenvalue weighted by molar-refractivity contribution is 5.85. The van der Waals surface area contributed by atoms with Gasteiger partial charge in [-0.1, -0.05) is 23.4 Å². The summed E-state index contributed by atoms with van der Waals surface area (Å²) in [6, 6.07) is 9.83. The maximum absolute atomic E-state index is 5.52. The Balaban J connectivity index is 0.00000169. The molecule has 0 bridgehead atoms. The van der Waals surface area contributed by atoms with Gasteiger partial charge in [-0.15, -0.1) is 12.4 Å². The van der Waals surface area contributed by atoms with Crippen LogP contribution in [0.2, 0.25) is 0 Å². The molecule has 3 heterocycles. The van der Waals surface area contributed by atoms with Crippen LogP contribution in [0.1, 0.15) is 11.9 Å². The number of rotatable bonds is 3. The lowest BCUT2D eigenvalue weighted by Crippen LogP contribution is -2.44. The average Bonchev–Trinajstić information content (AvgIpc) is 3.25. The van der Waals surface area contributed by atoms with Crippen molar-refractivity contribution in [1.82, 2.24) is 25.3 Å². The van der Waals surface area contributed by atoms with E-state index in [4.69, 9.17) is 8.94 Å². The first-order valence-corrected chi connectivity index (χ1v) is 7.57. The molecule has 0 aliphatic carbocycles. The van der Waals surface area contributed by atoms with E-state index in [0.29, 0.717) is 23.3 Å². The highest BCUT2D eigenvalue weighted by atomic mass is 35.5. The molecule has 24 heavy (non-hydrogen) atoms. The molecule has 7 nitrogen and oxygen atoms in total. The van der Waals surface area contributed by atoms with Gasteiger partial charge in [0.05, 0.1) is 6.04 Å². The lowest BCUT2D eigenvalue weighted by molar-refractivity contribution is 0.190. The van der Waals surface area contributed by atoms with Gasteiger partial charge in [-0.3, -0.25) is 4.90 Å². The highest BCUT2D eigenvalue weighted by Gasteiger charge is 2.26. The molecular formula is C16H18ClN5O2. The molecule has 0 saturated carbocycles. The summed E-state index contributed by atoms with van der Waals surface area (Å²) in [5.41, 5.74) is 1.46. The van der Waals surface area contributed by atoms with Gasteiger partial charge in [0.15, 0.2) is 11.5 Å². The molecule has 1 N–H and O–H groups in total. The van der Waals surface area contributed by atoms with Gasteiger partial charge in [0.25, 0.3) is 5.89 Å². The van der Waals surface area contributed by atoms with Crippen molar-refractivity contribution < 1.29 is 8.94 Å². The van der Waals surface area contributed by atoms with E-state index < -0.39 is 0 Å². The van der Waals surface area contributed by atoms with Crippen LogP contribution in [-0.2, 0) is 0 Å². The fourth-order valence-corrected chi connectivity index (χ4v) is 2.65. The number of oxazole rings is 1. The minimum absolute atomic E-state index is 0. The van der Waals surface area contributed by atoms with Crippen molar-refractivity contribution in [1.29, 1.82) is 0 Å². The lowest BCUT2D eigenvalue weighted by atomic mass is 10.2. The van der Waals surface area contributed by atoms with Gasteiger partial charge in [-0.05, 0) is 19.2 Å². The molecule has 1 atom stereocenters. The van der Waals surface area contributed by atoms with Crippen molar-refractivity contribution in [3.05, 3.63) is 42.4 Å². The van der Waals surface area contributed by atoms with Gasteiger partial charge in [0, 0.05) is 25.2 Å². The summed E-state index contributed by atoms with van der Waals surface area (Å²) in [5.74, 6) is 1.58. The zero-order valence-electron chi connectivity index (χ0n) is 13.2. The van der Waals surface area contributed by atoms with Crippen molar-refractivity contribution in [2.24, 2.45) is 0 Å². The summed E-state index contributed by atoms with van der Waals surface area (Å²) >= 11 is 0. The second-order valence-electron chi connectivity index (χ2n) is 5.56. The summed E-state index contributed by atoms with van der Waals surface area (Å²) < 4.78 is 10.9. The standard InChI is InChI=1S/C16H17N5O2.ClH/c1-21-8-7-17-9-13(21)14-19-16(23-20-14)12-10-22-15(18-12)11-5-3-2-4-6-11;/h2-6,10,13,17H,7-9H2,1H3;1H. The molecule has 0 spiro atoms. The van der Waals surface area contributed by atoms with Crippen LogP contribution in [0.4, 0.5) is 0 Å². The molecule has 1 aliphatic rings. The van der Waals surface area contributed by atoms with E-state index in [0.717, 1.165) is 25.2 Å². The Hall–Kier alpha value is -2.22. The van der Waals surface area contributed by atoms with Crippen molar-refractivity contribution in [2.75, 3.05) is 26.7 Å². The average molecular weight is 348 g/mol. The Morgan fingerprint density at radius 2 is 2.00 bits per heavy atom. The number of halogens is 1. The number of benzene rings is 1. The summed E-state index contributed by atoms with van der Waals surface area (Å²) in [7, 11) is 2.06. The number of hydrogen-bond acceptors (Lipinski definition) is 7. The lowest BCUT2D eigenvalue weighted by Gasteiger charge is -2.30. The smallest absolute Gasteiger partial charge is 0.279 e. The van der Waals surface area contributed by atoms with Gasteiger partial charge in [0.2, 0.25) is 5.89 Å². The first-order valence-electron chi connectivity index (χ1n) is 7.57. The maximum atomic E-state index is 5.52. The third-order valence-corrected chi connectivity index (χ3v) is 3.99. The molecule has 0 radical (unpaired) electrons. The van der Waals surface area contributed by atoms with Crippen LogP contribution in [0.15, 0.2) is 45.5 Å². The number of nitrogens with zero attached hydrogens (tertiary/aromatic N) is 4. The van der Waals surface area contributed by atoms with Gasteiger partial charge in [0.1, 0.15) is 6.26 Å². The predicted molar refractivity (Wildman–Crippen MR) is 90.7 cm³/mol. The molecule has 2 aromatic heterocycles. The van der Waals surface area contributed by atoms with Gasteiger partial charge < -0.3 is 14.3 Å². The fourth-order valence-electron chi connectivity index (χ4n) is 2.65. The van der Waals surface area contributed by atoms with Crippen LogP contribution in [0, 0.1) is 0 Å². The predicted octanol–water partition coefficient (Wildman–Crippen LogP) is 2.39. The van der Waals surface area contributed by atoms with Crippen LogP contribution in [0.5, 0.6) is 0 Å². The van der Waals surface area contributed by atoms with Gasteiger partial charge in [-0.2, -0.15) is 4.98 Å². The molecule has 1 fully saturated rings. The Bertz CT molecular complexity index is 789. The van der Waals surface area contributed by atoms with E-state index in [-0.39, 0.29) is 18.4 Å². The van der Waals surface area contributed by atoms with Gasteiger partial charge >= 0.3 is 0 Å². The van der Waals surface area contributed by atoms with Crippen molar-refractivity contribution in [3.8, 4) is 23.0 Å². The molecular weight excluding hydrogens is 330 g/mol. The Labute approximate surface area is 145 Å². The molecule has 1 aromatic carbocycles. The third kappa shape index (κ3) is 3.19. The molecule has 1 unspecified atom stereocenters. The minimum atomic E-state index is 0. The minimum Gasteiger partial charge on any atom is -0.444 e. The second-order valence-corrected chi connectivity index (χ2v) is 5.56. The van der Waals surface area contributed by atoms with E-state index >= 15 is 0 Å². The van der Waals surface area contributed by atoms with E-state index in [1.807, 2.05) is 30.3 Å². The molecule has 126 valence electrons. The first-order chi connectivity index (χ1) is 11.3. The van der Waals surface area contributed by atoms with Crippen LogP contribution in [0.3, 0.4) is 0 Å². The van der Waals surface area contributed by atoms with E-state index in [9.17, 15) is 0 Å². The maximum Gasteiger partial charge on any atom is 0.279 e. The summed E-state index contributed by atoms with van der Waals surface area (Å²) in [6.45, 7) is 2.74. The van der Waals surface area contributed by atoms with Crippen LogP contribution < -0.4 is 5.32 Å². The second kappa shape index (κ2) is 7.12. The number of aromatic nitrogens is 3. The zero-order valence-corrected chi connectivity index (χ0v) is 14.0. The van der Waals surface area contributed by atoms with E-state index in [1.165, 1.54) is 0 Å². The zero-order chi connectivity index (χ0) is 15.6. The van der Waals surface area contributed by atoms with Crippen molar-refractivity contribution in [3.63, 3.8) is 0 Å². The van der Waals surface area contributed by atoms with E-state index in [2.05, 4.69) is 32.4 Å². The monoisotopic (exact) mass is 347 g/mol. The van der Waals surface area contributed by atoms with Crippen LogP contribution in [0.25, 0.3) is 23.0 Å².